The summed E-state index contributed by atoms with van der Waals surface area (Å²) < 4.78 is 1.32. The number of rotatable bonds is 3. The van der Waals surface area contributed by atoms with Crippen molar-refractivity contribution >= 4 is 61.5 Å². The van der Waals surface area contributed by atoms with Gasteiger partial charge in [-0.05, 0) is 57.7 Å². The Balaban J connectivity index is 2.13. The van der Waals surface area contributed by atoms with E-state index in [1.165, 1.54) is 14.0 Å². The van der Waals surface area contributed by atoms with Crippen LogP contribution in [-0.2, 0) is 6.42 Å². The third kappa shape index (κ3) is 3.22. The summed E-state index contributed by atoms with van der Waals surface area (Å²) in [6, 6.07) is 10.2. The van der Waals surface area contributed by atoms with Crippen LogP contribution in [0.15, 0.2) is 35.7 Å². The van der Waals surface area contributed by atoms with Gasteiger partial charge < -0.3 is 0 Å². The van der Waals surface area contributed by atoms with Gasteiger partial charge in [0, 0.05) is 9.85 Å². The lowest BCUT2D eigenvalue weighted by molar-refractivity contribution is 0.954. The molecule has 0 radical (unpaired) electrons. The molecule has 2 rings (SSSR count). The Hall–Kier alpha value is 0.420. The first-order chi connectivity index (χ1) is 7.66. The molecule has 84 valence electrons. The SMILES string of the molecule is Clc1ccccc1CC(Br)c1csc(I)c1. The molecule has 0 nitrogen and oxygen atoms in total. The number of hydrogen-bond donors (Lipinski definition) is 0. The fourth-order valence-electron chi connectivity index (χ4n) is 1.46. The second kappa shape index (κ2) is 5.85. The van der Waals surface area contributed by atoms with E-state index in [1.807, 2.05) is 18.2 Å². The number of benzene rings is 1. The van der Waals surface area contributed by atoms with Crippen molar-refractivity contribution in [3.05, 3.63) is 54.7 Å². The van der Waals surface area contributed by atoms with E-state index < -0.39 is 0 Å². The van der Waals surface area contributed by atoms with Crippen LogP contribution >= 0.6 is 61.5 Å². The molecule has 0 amide bonds. The van der Waals surface area contributed by atoms with Gasteiger partial charge in [-0.3, -0.25) is 0 Å². The Bertz CT molecular complexity index is 483. The minimum Gasteiger partial charge on any atom is -0.137 e. The summed E-state index contributed by atoms with van der Waals surface area (Å²) in [6.07, 6.45) is 0.923. The van der Waals surface area contributed by atoms with Crippen molar-refractivity contribution in [2.75, 3.05) is 0 Å². The Morgan fingerprint density at radius 1 is 1.38 bits per heavy atom. The van der Waals surface area contributed by atoms with Crippen LogP contribution in [0, 0.1) is 2.88 Å². The van der Waals surface area contributed by atoms with Crippen molar-refractivity contribution in [2.45, 2.75) is 11.2 Å². The van der Waals surface area contributed by atoms with E-state index in [1.54, 1.807) is 11.3 Å². The largest absolute Gasteiger partial charge is 0.137 e. The zero-order valence-corrected chi connectivity index (χ0v) is 13.6. The molecule has 4 heteroatoms. The molecule has 1 aromatic heterocycles. The quantitative estimate of drug-likeness (QED) is 0.436. The molecule has 0 saturated carbocycles. The summed E-state index contributed by atoms with van der Waals surface area (Å²) in [4.78, 5) is 0.340. The van der Waals surface area contributed by atoms with E-state index in [0.717, 1.165) is 11.4 Å². The monoisotopic (exact) mass is 426 g/mol. The van der Waals surface area contributed by atoms with E-state index in [0.29, 0.717) is 4.83 Å². The number of halogens is 3. The molecule has 1 unspecified atom stereocenters. The highest BCUT2D eigenvalue weighted by atomic mass is 127. The van der Waals surface area contributed by atoms with Gasteiger partial charge in [-0.15, -0.1) is 11.3 Å². The zero-order valence-electron chi connectivity index (χ0n) is 8.29. The van der Waals surface area contributed by atoms with Crippen molar-refractivity contribution in [1.29, 1.82) is 0 Å². The summed E-state index contributed by atoms with van der Waals surface area (Å²) >= 11 is 14.0. The number of thiophene rings is 1. The molecular formula is C12H9BrClIS. The molecule has 1 heterocycles. The lowest BCUT2D eigenvalue weighted by Crippen LogP contribution is -1.94. The lowest BCUT2D eigenvalue weighted by atomic mass is 10.1. The predicted molar refractivity (Wildman–Crippen MR) is 83.9 cm³/mol. The van der Waals surface area contributed by atoms with E-state index in [2.05, 4.69) is 56.0 Å². The van der Waals surface area contributed by atoms with Crippen molar-refractivity contribution < 1.29 is 0 Å². The Morgan fingerprint density at radius 3 is 2.75 bits per heavy atom. The average molecular weight is 428 g/mol. The average Bonchev–Trinajstić information content (AvgIpc) is 2.68. The Morgan fingerprint density at radius 2 is 2.12 bits per heavy atom. The fraction of sp³-hybridized carbons (Fsp3) is 0.167. The van der Waals surface area contributed by atoms with Crippen LogP contribution < -0.4 is 0 Å². The molecule has 0 aliphatic rings. The zero-order chi connectivity index (χ0) is 11.5. The number of hydrogen-bond acceptors (Lipinski definition) is 1. The molecule has 0 aliphatic heterocycles. The molecule has 16 heavy (non-hydrogen) atoms. The first-order valence-electron chi connectivity index (χ1n) is 4.78. The minimum atomic E-state index is 0.340. The van der Waals surface area contributed by atoms with Crippen LogP contribution in [0.3, 0.4) is 0 Å². The van der Waals surface area contributed by atoms with Crippen molar-refractivity contribution in [2.24, 2.45) is 0 Å². The maximum absolute atomic E-state index is 6.14. The summed E-state index contributed by atoms with van der Waals surface area (Å²) in [7, 11) is 0. The lowest BCUT2D eigenvalue weighted by Gasteiger charge is -2.09. The topological polar surface area (TPSA) is 0 Å². The first-order valence-corrected chi connectivity index (χ1v) is 8.03. The smallest absolute Gasteiger partial charge is 0.0656 e. The van der Waals surface area contributed by atoms with Crippen LogP contribution in [-0.4, -0.2) is 0 Å². The van der Waals surface area contributed by atoms with Crippen molar-refractivity contribution in [3.63, 3.8) is 0 Å². The van der Waals surface area contributed by atoms with Gasteiger partial charge in [0.05, 0.1) is 2.88 Å². The van der Waals surface area contributed by atoms with E-state index >= 15 is 0 Å². The van der Waals surface area contributed by atoms with Crippen LogP contribution in [0.2, 0.25) is 5.02 Å². The highest BCUT2D eigenvalue weighted by Crippen LogP contribution is 2.32. The molecule has 0 N–H and O–H groups in total. The molecule has 0 fully saturated rings. The molecule has 1 atom stereocenters. The molecule has 2 aromatic rings. The third-order valence-electron chi connectivity index (χ3n) is 2.31. The van der Waals surface area contributed by atoms with Gasteiger partial charge in [-0.25, -0.2) is 0 Å². The minimum absolute atomic E-state index is 0.340. The van der Waals surface area contributed by atoms with Crippen molar-refractivity contribution in [3.8, 4) is 0 Å². The summed E-state index contributed by atoms with van der Waals surface area (Å²) in [5.74, 6) is 0. The van der Waals surface area contributed by atoms with E-state index in [4.69, 9.17) is 11.6 Å². The van der Waals surface area contributed by atoms with Crippen LogP contribution in [0.4, 0.5) is 0 Å². The van der Waals surface area contributed by atoms with Gasteiger partial charge in [0.15, 0.2) is 0 Å². The van der Waals surface area contributed by atoms with Gasteiger partial charge in [-0.1, -0.05) is 45.7 Å². The fourth-order valence-corrected chi connectivity index (χ4v) is 3.89. The van der Waals surface area contributed by atoms with Gasteiger partial charge in [0.2, 0.25) is 0 Å². The van der Waals surface area contributed by atoms with Crippen LogP contribution in [0.5, 0.6) is 0 Å². The summed E-state index contributed by atoms with van der Waals surface area (Å²) in [5, 5.41) is 3.04. The van der Waals surface area contributed by atoms with Crippen LogP contribution in [0.25, 0.3) is 0 Å². The second-order valence-electron chi connectivity index (χ2n) is 3.45. The van der Waals surface area contributed by atoms with Gasteiger partial charge >= 0.3 is 0 Å². The normalized spacial score (nSPS) is 12.7. The van der Waals surface area contributed by atoms with Crippen molar-refractivity contribution in [1.82, 2.24) is 0 Å². The maximum Gasteiger partial charge on any atom is 0.0656 e. The highest BCUT2D eigenvalue weighted by Gasteiger charge is 2.11. The molecular weight excluding hydrogens is 418 g/mol. The van der Waals surface area contributed by atoms with Crippen LogP contribution in [0.1, 0.15) is 16.0 Å². The molecule has 1 aromatic carbocycles. The second-order valence-corrected chi connectivity index (χ2v) is 7.77. The molecule has 0 aliphatic carbocycles. The number of alkyl halides is 1. The molecule has 0 bridgehead atoms. The Kier molecular flexibility index (Phi) is 4.70. The van der Waals surface area contributed by atoms with Gasteiger partial charge in [0.1, 0.15) is 0 Å². The third-order valence-corrected chi connectivity index (χ3v) is 5.33. The standard InChI is InChI=1S/C12H9BrClIS/c13-10(9-6-12(15)16-7-9)5-8-3-1-2-4-11(8)14/h1-4,6-7,10H,5H2. The first kappa shape index (κ1) is 12.9. The summed E-state index contributed by atoms with van der Waals surface area (Å²) in [5.41, 5.74) is 2.52. The van der Waals surface area contributed by atoms with E-state index in [-0.39, 0.29) is 0 Å². The predicted octanol–water partition coefficient (Wildman–Crippen LogP) is 5.68. The van der Waals surface area contributed by atoms with Gasteiger partial charge in [0.25, 0.3) is 0 Å². The molecule has 0 saturated heterocycles. The molecule has 0 spiro atoms. The van der Waals surface area contributed by atoms with Gasteiger partial charge in [-0.2, -0.15) is 0 Å². The highest BCUT2D eigenvalue weighted by molar-refractivity contribution is 14.1. The summed E-state index contributed by atoms with van der Waals surface area (Å²) in [6.45, 7) is 0. The van der Waals surface area contributed by atoms with E-state index in [9.17, 15) is 0 Å². The maximum atomic E-state index is 6.14. The Labute approximate surface area is 126 Å².